The second kappa shape index (κ2) is 9.94. The summed E-state index contributed by atoms with van der Waals surface area (Å²) in [6.45, 7) is 2.55. The SMILES string of the molecule is COC(=O)CCC[NH2+][C@H](C(=O)Nc1ccc(C)c(Cl)c1)c1ccccc1. The molecule has 0 spiro atoms. The Balaban J connectivity index is 2.06. The molecular formula is C20H24ClN2O3+. The number of amides is 1. The predicted molar refractivity (Wildman–Crippen MR) is 102 cm³/mol. The van der Waals surface area contributed by atoms with Crippen molar-refractivity contribution in [1.29, 1.82) is 0 Å². The molecule has 0 aliphatic heterocycles. The van der Waals surface area contributed by atoms with Gasteiger partial charge in [0, 0.05) is 22.7 Å². The van der Waals surface area contributed by atoms with E-state index in [1.165, 1.54) is 7.11 Å². The number of ether oxygens (including phenoxy) is 1. The Kier molecular flexibility index (Phi) is 7.63. The van der Waals surface area contributed by atoms with Crippen molar-refractivity contribution in [3.8, 4) is 0 Å². The summed E-state index contributed by atoms with van der Waals surface area (Å²) in [5.74, 6) is -0.373. The summed E-state index contributed by atoms with van der Waals surface area (Å²) in [6, 6.07) is 14.6. The maximum Gasteiger partial charge on any atom is 0.305 e. The molecule has 0 bridgehead atoms. The standard InChI is InChI=1S/C20H23ClN2O3/c1-14-10-11-16(13-17(14)21)23-20(25)19(15-7-4-3-5-8-15)22-12-6-9-18(24)26-2/h3-5,7-8,10-11,13,19,22H,6,9,12H2,1-2H3,(H,23,25)/p+1/t19-/m0/s1. The van der Waals surface area contributed by atoms with Gasteiger partial charge in [0.2, 0.25) is 0 Å². The van der Waals surface area contributed by atoms with E-state index >= 15 is 0 Å². The second-order valence-electron chi connectivity index (χ2n) is 6.05. The summed E-state index contributed by atoms with van der Waals surface area (Å²) in [5.41, 5.74) is 2.52. The highest BCUT2D eigenvalue weighted by Gasteiger charge is 2.24. The first-order chi connectivity index (χ1) is 12.5. The molecule has 1 amide bonds. The number of carbonyl (C=O) groups excluding carboxylic acids is 2. The molecule has 1 atom stereocenters. The van der Waals surface area contributed by atoms with Crippen molar-refractivity contribution in [3.63, 3.8) is 0 Å². The van der Waals surface area contributed by atoms with E-state index in [4.69, 9.17) is 11.6 Å². The second-order valence-corrected chi connectivity index (χ2v) is 6.45. The molecule has 0 heterocycles. The third kappa shape index (κ3) is 5.86. The van der Waals surface area contributed by atoms with Crippen molar-refractivity contribution in [1.82, 2.24) is 0 Å². The topological polar surface area (TPSA) is 72.0 Å². The van der Waals surface area contributed by atoms with Gasteiger partial charge in [0.1, 0.15) is 0 Å². The molecule has 0 saturated heterocycles. The first-order valence-electron chi connectivity index (χ1n) is 8.53. The molecule has 6 heteroatoms. The van der Waals surface area contributed by atoms with E-state index < -0.39 is 6.04 Å². The van der Waals surface area contributed by atoms with Crippen molar-refractivity contribution in [2.75, 3.05) is 19.0 Å². The molecule has 0 aliphatic carbocycles. The summed E-state index contributed by atoms with van der Waals surface area (Å²) in [6.07, 6.45) is 0.976. The van der Waals surface area contributed by atoms with Crippen molar-refractivity contribution in [2.45, 2.75) is 25.8 Å². The zero-order valence-corrected chi connectivity index (χ0v) is 15.8. The molecule has 26 heavy (non-hydrogen) atoms. The van der Waals surface area contributed by atoms with Crippen LogP contribution >= 0.6 is 11.6 Å². The van der Waals surface area contributed by atoms with E-state index in [1.54, 1.807) is 6.07 Å². The summed E-state index contributed by atoms with van der Waals surface area (Å²) in [7, 11) is 1.37. The molecule has 0 saturated carbocycles. The van der Waals surface area contributed by atoms with Gasteiger partial charge in [-0.1, -0.05) is 48.0 Å². The molecule has 2 rings (SSSR count). The fourth-order valence-electron chi connectivity index (χ4n) is 2.58. The van der Waals surface area contributed by atoms with Gasteiger partial charge in [-0.3, -0.25) is 9.59 Å². The van der Waals surface area contributed by atoms with Crippen LogP contribution in [-0.2, 0) is 14.3 Å². The molecule has 3 N–H and O–H groups in total. The lowest BCUT2D eigenvalue weighted by molar-refractivity contribution is -0.682. The van der Waals surface area contributed by atoms with Crippen molar-refractivity contribution >= 4 is 29.2 Å². The number of halogens is 1. The number of hydrogen-bond acceptors (Lipinski definition) is 3. The minimum absolute atomic E-state index is 0.130. The highest BCUT2D eigenvalue weighted by Crippen LogP contribution is 2.21. The molecule has 0 fully saturated rings. The summed E-state index contributed by atoms with van der Waals surface area (Å²) >= 11 is 6.14. The highest BCUT2D eigenvalue weighted by atomic mass is 35.5. The predicted octanol–water partition coefficient (Wildman–Crippen LogP) is 2.84. The fraction of sp³-hybridized carbons (Fsp3) is 0.300. The Morgan fingerprint density at radius 2 is 1.92 bits per heavy atom. The van der Waals surface area contributed by atoms with Gasteiger partial charge in [0.25, 0.3) is 5.91 Å². The Morgan fingerprint density at radius 1 is 1.19 bits per heavy atom. The number of benzene rings is 2. The molecule has 5 nitrogen and oxygen atoms in total. The monoisotopic (exact) mass is 375 g/mol. The fourth-order valence-corrected chi connectivity index (χ4v) is 2.76. The zero-order chi connectivity index (χ0) is 18.9. The van der Waals surface area contributed by atoms with Gasteiger partial charge in [-0.25, -0.2) is 0 Å². The quantitative estimate of drug-likeness (QED) is 0.550. The van der Waals surface area contributed by atoms with Crippen LogP contribution < -0.4 is 10.6 Å². The van der Waals surface area contributed by atoms with Gasteiger partial charge < -0.3 is 15.4 Å². The number of carbonyl (C=O) groups is 2. The van der Waals surface area contributed by atoms with Gasteiger partial charge in [-0.2, -0.15) is 0 Å². The number of rotatable bonds is 8. The van der Waals surface area contributed by atoms with Crippen LogP contribution in [0.5, 0.6) is 0 Å². The Morgan fingerprint density at radius 3 is 2.58 bits per heavy atom. The Labute approximate surface area is 158 Å². The summed E-state index contributed by atoms with van der Waals surface area (Å²) in [5, 5.41) is 5.47. The summed E-state index contributed by atoms with van der Waals surface area (Å²) in [4.78, 5) is 24.0. The van der Waals surface area contributed by atoms with Crippen molar-refractivity contribution in [2.24, 2.45) is 0 Å². The maximum absolute atomic E-state index is 12.8. The van der Waals surface area contributed by atoms with E-state index in [1.807, 2.05) is 54.7 Å². The smallest absolute Gasteiger partial charge is 0.305 e. The number of quaternary nitrogens is 1. The van der Waals surface area contributed by atoms with E-state index in [0.29, 0.717) is 30.1 Å². The number of aryl methyl sites for hydroxylation is 1. The average Bonchev–Trinajstić information content (AvgIpc) is 2.65. The van der Waals surface area contributed by atoms with Crippen LogP contribution in [0.3, 0.4) is 0 Å². The molecule has 138 valence electrons. The molecule has 0 radical (unpaired) electrons. The lowest BCUT2D eigenvalue weighted by Gasteiger charge is -2.16. The van der Waals surface area contributed by atoms with Gasteiger partial charge >= 0.3 is 5.97 Å². The van der Waals surface area contributed by atoms with Crippen molar-refractivity contribution in [3.05, 3.63) is 64.7 Å². The van der Waals surface area contributed by atoms with Crippen LogP contribution in [0.4, 0.5) is 5.69 Å². The van der Waals surface area contributed by atoms with Gasteiger partial charge in [-0.05, 0) is 24.6 Å². The normalized spacial score (nSPS) is 11.7. The van der Waals surface area contributed by atoms with Gasteiger partial charge in [0.05, 0.1) is 20.1 Å². The first kappa shape index (κ1) is 19.9. The number of nitrogens with one attached hydrogen (secondary N) is 1. The number of esters is 1. The van der Waals surface area contributed by atoms with Crippen LogP contribution in [0.15, 0.2) is 48.5 Å². The molecule has 2 aromatic rings. The molecule has 0 unspecified atom stereocenters. The Hall–Kier alpha value is -2.37. The number of anilines is 1. The molecule has 2 aromatic carbocycles. The summed E-state index contributed by atoms with van der Waals surface area (Å²) < 4.78 is 4.64. The number of hydrogen-bond donors (Lipinski definition) is 2. The van der Waals surface area contributed by atoms with Crippen LogP contribution in [0.25, 0.3) is 0 Å². The Bertz CT molecular complexity index is 750. The maximum atomic E-state index is 12.8. The van der Waals surface area contributed by atoms with E-state index in [2.05, 4.69) is 10.1 Å². The minimum atomic E-state index is -0.408. The van der Waals surface area contributed by atoms with E-state index in [0.717, 1.165) is 11.1 Å². The number of nitrogens with two attached hydrogens (primary N) is 1. The van der Waals surface area contributed by atoms with Gasteiger partial charge in [0.15, 0.2) is 6.04 Å². The van der Waals surface area contributed by atoms with Crippen LogP contribution in [0, 0.1) is 6.92 Å². The third-order valence-corrected chi connectivity index (χ3v) is 4.50. The van der Waals surface area contributed by atoms with Crippen LogP contribution in [0.1, 0.15) is 30.0 Å². The third-order valence-electron chi connectivity index (χ3n) is 4.10. The highest BCUT2D eigenvalue weighted by molar-refractivity contribution is 6.31. The minimum Gasteiger partial charge on any atom is -0.469 e. The first-order valence-corrected chi connectivity index (χ1v) is 8.91. The molecule has 0 aromatic heterocycles. The number of methoxy groups -OCH3 is 1. The average molecular weight is 376 g/mol. The van der Waals surface area contributed by atoms with Gasteiger partial charge in [-0.15, -0.1) is 0 Å². The van der Waals surface area contributed by atoms with Crippen LogP contribution in [-0.4, -0.2) is 25.5 Å². The molecular weight excluding hydrogens is 352 g/mol. The molecule has 0 aliphatic rings. The van der Waals surface area contributed by atoms with E-state index in [9.17, 15) is 9.59 Å². The largest absolute Gasteiger partial charge is 0.469 e. The lowest BCUT2D eigenvalue weighted by Crippen LogP contribution is -2.87. The lowest BCUT2D eigenvalue weighted by atomic mass is 10.1. The zero-order valence-electron chi connectivity index (χ0n) is 15.0. The van der Waals surface area contributed by atoms with Crippen molar-refractivity contribution < 1.29 is 19.6 Å². The van der Waals surface area contributed by atoms with E-state index in [-0.39, 0.29) is 11.9 Å². The van der Waals surface area contributed by atoms with Crippen LogP contribution in [0.2, 0.25) is 5.02 Å².